The molecule has 0 fully saturated rings. The summed E-state index contributed by atoms with van der Waals surface area (Å²) in [7, 11) is 1.62. The number of benzene rings is 2. The average Bonchev–Trinajstić information content (AvgIpc) is 3.51. The van der Waals surface area contributed by atoms with Gasteiger partial charge in [0.05, 0.1) is 33.0 Å². The molecule has 0 aliphatic carbocycles. The van der Waals surface area contributed by atoms with Gasteiger partial charge in [-0.2, -0.15) is 0 Å². The van der Waals surface area contributed by atoms with Crippen LogP contribution in [0.5, 0.6) is 11.5 Å². The fourth-order valence-electron chi connectivity index (χ4n) is 3.76. The number of hydrogen-bond acceptors (Lipinski definition) is 8. The summed E-state index contributed by atoms with van der Waals surface area (Å²) in [4.78, 5) is 15.0. The predicted molar refractivity (Wildman–Crippen MR) is 127 cm³/mol. The molecule has 9 nitrogen and oxygen atoms in total. The zero-order valence-corrected chi connectivity index (χ0v) is 20.0. The van der Waals surface area contributed by atoms with Crippen LogP contribution in [-0.2, 0) is 32.1 Å². The van der Waals surface area contributed by atoms with Crippen LogP contribution in [0, 0.1) is 6.92 Å². The smallest absolute Gasteiger partial charge is 0.249 e. The van der Waals surface area contributed by atoms with Crippen molar-refractivity contribution in [2.45, 2.75) is 20.0 Å². The number of fused-ring (bicyclic) bond motifs is 1. The highest BCUT2D eigenvalue weighted by molar-refractivity contribution is 5.78. The van der Waals surface area contributed by atoms with E-state index in [2.05, 4.69) is 5.16 Å². The third kappa shape index (κ3) is 6.39. The highest BCUT2D eigenvalue weighted by atomic mass is 16.7. The second-order valence-corrected chi connectivity index (χ2v) is 7.99. The lowest BCUT2D eigenvalue weighted by atomic mass is 10.1. The van der Waals surface area contributed by atoms with Crippen LogP contribution in [0.2, 0.25) is 0 Å². The van der Waals surface area contributed by atoms with E-state index in [0.717, 1.165) is 16.7 Å². The number of amides is 1. The molecule has 1 aromatic heterocycles. The first-order chi connectivity index (χ1) is 17.2. The Bertz CT molecular complexity index is 1100. The first-order valence-corrected chi connectivity index (χ1v) is 11.5. The van der Waals surface area contributed by atoms with Crippen molar-refractivity contribution in [2.24, 2.45) is 0 Å². The number of ether oxygens (including phenoxy) is 5. The van der Waals surface area contributed by atoms with Gasteiger partial charge >= 0.3 is 0 Å². The van der Waals surface area contributed by atoms with Crippen LogP contribution in [0.4, 0.5) is 0 Å². The third-order valence-corrected chi connectivity index (χ3v) is 5.60. The summed E-state index contributed by atoms with van der Waals surface area (Å²) >= 11 is 0. The van der Waals surface area contributed by atoms with Gasteiger partial charge in [-0.15, -0.1) is 0 Å². The number of methoxy groups -OCH3 is 1. The van der Waals surface area contributed by atoms with Crippen LogP contribution >= 0.6 is 0 Å². The Labute approximate surface area is 204 Å². The number of aryl methyl sites for hydroxylation is 1. The van der Waals surface area contributed by atoms with E-state index in [0.29, 0.717) is 62.5 Å². The second kappa shape index (κ2) is 12.3. The first kappa shape index (κ1) is 24.7. The maximum atomic E-state index is 13.3. The van der Waals surface area contributed by atoms with E-state index < -0.39 is 0 Å². The molecule has 4 rings (SSSR count). The van der Waals surface area contributed by atoms with Gasteiger partial charge in [-0.05, 0) is 13.0 Å². The van der Waals surface area contributed by atoms with Crippen molar-refractivity contribution >= 4 is 5.91 Å². The minimum atomic E-state index is -0.168. The molecular weight excluding hydrogens is 452 g/mol. The summed E-state index contributed by atoms with van der Waals surface area (Å²) in [5, 5.41) is 4.26. The van der Waals surface area contributed by atoms with Gasteiger partial charge in [0.1, 0.15) is 18.1 Å². The number of aromatic nitrogens is 1. The van der Waals surface area contributed by atoms with Gasteiger partial charge in [0.15, 0.2) is 11.5 Å². The van der Waals surface area contributed by atoms with Gasteiger partial charge in [-0.3, -0.25) is 4.79 Å². The molecule has 9 heteroatoms. The van der Waals surface area contributed by atoms with Gasteiger partial charge in [0.25, 0.3) is 0 Å². The minimum absolute atomic E-state index is 0.0784. The molecule has 0 spiro atoms. The number of nitrogens with zero attached hydrogens (tertiary/aromatic N) is 2. The zero-order valence-electron chi connectivity index (χ0n) is 20.0. The molecule has 1 aliphatic heterocycles. The lowest BCUT2D eigenvalue weighted by molar-refractivity contribution is -0.138. The Kier molecular flexibility index (Phi) is 8.72. The fourth-order valence-corrected chi connectivity index (χ4v) is 3.76. The van der Waals surface area contributed by atoms with Crippen LogP contribution in [0.1, 0.15) is 16.9 Å². The Morgan fingerprint density at radius 2 is 1.77 bits per heavy atom. The summed E-state index contributed by atoms with van der Waals surface area (Å²) < 4.78 is 32.6. The maximum absolute atomic E-state index is 13.3. The number of carbonyl (C=O) groups is 1. The molecule has 2 aromatic carbocycles. The summed E-state index contributed by atoms with van der Waals surface area (Å²) in [6, 6.07) is 15.4. The molecule has 2 heterocycles. The summed E-state index contributed by atoms with van der Waals surface area (Å²) in [6.45, 7) is 4.24. The van der Waals surface area contributed by atoms with Gasteiger partial charge in [-0.25, -0.2) is 0 Å². The SMILES string of the molecule is COCCOCCOCC(=O)N(Cc1cccc2c1OCO2)Cc1c(-c2ccccc2)noc1C. The molecule has 0 bridgehead atoms. The van der Waals surface area contributed by atoms with Gasteiger partial charge in [-0.1, -0.05) is 47.6 Å². The average molecular weight is 483 g/mol. The Balaban J connectivity index is 1.50. The lowest BCUT2D eigenvalue weighted by Gasteiger charge is -2.23. The van der Waals surface area contributed by atoms with Crippen molar-refractivity contribution in [3.63, 3.8) is 0 Å². The van der Waals surface area contributed by atoms with Crippen LogP contribution in [0.3, 0.4) is 0 Å². The monoisotopic (exact) mass is 482 g/mol. The van der Waals surface area contributed by atoms with Crippen molar-refractivity contribution in [1.82, 2.24) is 10.1 Å². The van der Waals surface area contributed by atoms with Gasteiger partial charge in [0, 0.05) is 30.3 Å². The van der Waals surface area contributed by atoms with Crippen LogP contribution < -0.4 is 9.47 Å². The Morgan fingerprint density at radius 3 is 2.60 bits per heavy atom. The van der Waals surface area contributed by atoms with E-state index in [9.17, 15) is 4.79 Å². The van der Waals surface area contributed by atoms with Crippen LogP contribution in [-0.4, -0.2) is 62.9 Å². The molecule has 0 saturated carbocycles. The molecule has 0 unspecified atom stereocenters. The third-order valence-electron chi connectivity index (χ3n) is 5.60. The number of hydrogen-bond donors (Lipinski definition) is 0. The van der Waals surface area contributed by atoms with Crippen molar-refractivity contribution in [1.29, 1.82) is 0 Å². The number of carbonyl (C=O) groups excluding carboxylic acids is 1. The molecule has 0 saturated heterocycles. The van der Waals surface area contributed by atoms with Crippen LogP contribution in [0.25, 0.3) is 11.3 Å². The molecule has 1 aliphatic rings. The van der Waals surface area contributed by atoms with Crippen molar-refractivity contribution in [2.75, 3.05) is 46.9 Å². The van der Waals surface area contributed by atoms with E-state index in [-0.39, 0.29) is 19.3 Å². The quantitative estimate of drug-likeness (QED) is 0.341. The maximum Gasteiger partial charge on any atom is 0.249 e. The largest absolute Gasteiger partial charge is 0.454 e. The normalized spacial score (nSPS) is 12.2. The fraction of sp³-hybridized carbons (Fsp3) is 0.385. The molecule has 0 atom stereocenters. The van der Waals surface area contributed by atoms with Gasteiger partial charge in [0.2, 0.25) is 12.7 Å². The molecule has 186 valence electrons. The molecule has 1 amide bonds. The Morgan fingerprint density at radius 1 is 0.971 bits per heavy atom. The first-order valence-electron chi connectivity index (χ1n) is 11.5. The van der Waals surface area contributed by atoms with Crippen molar-refractivity contribution < 1.29 is 33.0 Å². The zero-order chi connectivity index (χ0) is 24.5. The second-order valence-electron chi connectivity index (χ2n) is 7.99. The Hall–Kier alpha value is -3.40. The van der Waals surface area contributed by atoms with E-state index >= 15 is 0 Å². The summed E-state index contributed by atoms with van der Waals surface area (Å²) in [6.07, 6.45) is 0. The molecule has 35 heavy (non-hydrogen) atoms. The van der Waals surface area contributed by atoms with E-state index in [1.807, 2.05) is 55.5 Å². The lowest BCUT2D eigenvalue weighted by Crippen LogP contribution is -2.34. The number of rotatable bonds is 13. The number of para-hydroxylation sites is 1. The summed E-state index contributed by atoms with van der Waals surface area (Å²) in [5.41, 5.74) is 3.34. The topological polar surface area (TPSA) is 92.5 Å². The highest BCUT2D eigenvalue weighted by Gasteiger charge is 2.25. The standard InChI is InChI=1S/C26H30N2O7/c1-19-22(25(27-35-19)20-7-4-3-5-8-20)16-28(24(29)17-32-14-13-31-12-11-30-2)15-21-9-6-10-23-26(21)34-18-33-23/h3-10H,11-18H2,1-2H3. The summed E-state index contributed by atoms with van der Waals surface area (Å²) in [5.74, 6) is 1.82. The molecule has 3 aromatic rings. The molecule has 0 N–H and O–H groups in total. The van der Waals surface area contributed by atoms with E-state index in [4.69, 9.17) is 28.2 Å². The molecule has 0 radical (unpaired) electrons. The van der Waals surface area contributed by atoms with E-state index in [1.54, 1.807) is 12.0 Å². The van der Waals surface area contributed by atoms with Crippen molar-refractivity contribution in [3.05, 3.63) is 65.4 Å². The van der Waals surface area contributed by atoms with Gasteiger partial charge < -0.3 is 33.1 Å². The highest BCUT2D eigenvalue weighted by Crippen LogP contribution is 2.36. The van der Waals surface area contributed by atoms with Crippen LogP contribution in [0.15, 0.2) is 53.1 Å². The molecular formula is C26H30N2O7. The predicted octanol–water partition coefficient (Wildman–Crippen LogP) is 3.59. The van der Waals surface area contributed by atoms with E-state index in [1.165, 1.54) is 0 Å². The minimum Gasteiger partial charge on any atom is -0.454 e. The van der Waals surface area contributed by atoms with Crippen molar-refractivity contribution in [3.8, 4) is 22.8 Å².